The predicted molar refractivity (Wildman–Crippen MR) is 203 cm³/mol. The molecule has 0 saturated carbocycles. The molecule has 7 unspecified atom stereocenters. The monoisotopic (exact) mass is 724 g/mol. The molecule has 288 valence electrons. The number of phosphoric ester groups is 1. The van der Waals surface area contributed by atoms with Gasteiger partial charge in [-0.1, -0.05) is 76.8 Å². The van der Waals surface area contributed by atoms with Gasteiger partial charge in [-0.2, -0.15) is 0 Å². The van der Waals surface area contributed by atoms with E-state index in [0.717, 1.165) is 77.0 Å². The quantitative estimate of drug-likeness (QED) is 0.0486. The summed E-state index contributed by atoms with van der Waals surface area (Å²) < 4.78 is 26.8. The van der Waals surface area contributed by atoms with E-state index in [-0.39, 0.29) is 12.5 Å². The lowest BCUT2D eigenvalue weighted by atomic mass is 10.0. The molecule has 0 spiro atoms. The summed E-state index contributed by atoms with van der Waals surface area (Å²) >= 11 is 0. The highest BCUT2D eigenvalue weighted by atomic mass is 31.2. The molecule has 0 bridgehead atoms. The highest BCUT2D eigenvalue weighted by Gasteiger charge is 2.46. The van der Waals surface area contributed by atoms with Crippen LogP contribution in [0.3, 0.4) is 0 Å². The molecule has 1 aliphatic rings. The fraction of sp³-hybridized carbons (Fsp3) is 0.700. The number of hydrogen-bond acceptors (Lipinski definition) is 8. The number of ether oxygens (including phenoxy) is 1. The summed E-state index contributed by atoms with van der Waals surface area (Å²) in [4.78, 5) is 9.96. The zero-order chi connectivity index (χ0) is 37.7. The van der Waals surface area contributed by atoms with Crippen LogP contribution in [0.4, 0.5) is 0 Å². The number of phosphoric acid groups is 1. The normalized spacial score (nSPS) is 24.7. The number of hydrogen-bond donors (Lipinski definition) is 5. The van der Waals surface area contributed by atoms with Crippen molar-refractivity contribution in [1.82, 2.24) is 0 Å². The number of aliphatic hydroxyl groups excluding tert-OH is 4. The Morgan fingerprint density at radius 1 is 0.620 bits per heavy atom. The number of allylic oxidation sites excluding steroid dienone is 12. The van der Waals surface area contributed by atoms with Crippen molar-refractivity contribution in [2.24, 2.45) is 5.92 Å². The summed E-state index contributed by atoms with van der Waals surface area (Å²) in [7, 11) is -4.63. The van der Waals surface area contributed by atoms with E-state index in [2.05, 4.69) is 84.9 Å². The van der Waals surface area contributed by atoms with Crippen molar-refractivity contribution in [3.05, 3.63) is 69.9 Å². The Balaban J connectivity index is 2.24. The van der Waals surface area contributed by atoms with Crippen LogP contribution in [0.15, 0.2) is 69.9 Å². The molecule has 0 radical (unpaired) electrons. The van der Waals surface area contributed by atoms with Gasteiger partial charge in [-0.05, 0) is 138 Å². The molecule has 1 fully saturated rings. The largest absolute Gasteiger partial charge is 0.474 e. The summed E-state index contributed by atoms with van der Waals surface area (Å²) in [5.41, 5.74) is 8.61. The van der Waals surface area contributed by atoms with Gasteiger partial charge in [0.15, 0.2) is 6.29 Å². The molecular formula is C40H69O9P. The van der Waals surface area contributed by atoms with Crippen molar-refractivity contribution in [1.29, 1.82) is 0 Å². The van der Waals surface area contributed by atoms with Crippen LogP contribution in [0, 0.1) is 5.92 Å². The third-order valence-electron chi connectivity index (χ3n) is 9.02. The second-order valence-corrected chi connectivity index (χ2v) is 15.9. The lowest BCUT2D eigenvalue weighted by Crippen LogP contribution is -2.57. The fourth-order valence-corrected chi connectivity index (χ4v) is 6.32. The number of aliphatic hydroxyl groups is 4. The minimum atomic E-state index is -4.63. The van der Waals surface area contributed by atoms with E-state index in [9.17, 15) is 29.9 Å². The van der Waals surface area contributed by atoms with E-state index in [1.807, 2.05) is 6.92 Å². The van der Waals surface area contributed by atoms with E-state index in [1.54, 1.807) is 0 Å². The van der Waals surface area contributed by atoms with Gasteiger partial charge in [0.05, 0.1) is 6.61 Å². The van der Waals surface area contributed by atoms with Crippen LogP contribution in [0.5, 0.6) is 0 Å². The van der Waals surface area contributed by atoms with Crippen LogP contribution >= 0.6 is 7.82 Å². The third-order valence-corrected chi connectivity index (χ3v) is 10.00. The Hall–Kier alpha value is -1.65. The van der Waals surface area contributed by atoms with Crippen LogP contribution in [0.2, 0.25) is 0 Å². The smallest absolute Gasteiger partial charge is 0.387 e. The predicted octanol–water partition coefficient (Wildman–Crippen LogP) is 9.28. The Morgan fingerprint density at radius 3 is 1.44 bits per heavy atom. The van der Waals surface area contributed by atoms with E-state index in [0.29, 0.717) is 6.42 Å². The molecule has 1 aliphatic heterocycles. The van der Waals surface area contributed by atoms with E-state index >= 15 is 0 Å². The van der Waals surface area contributed by atoms with E-state index in [4.69, 9.17) is 13.8 Å². The first-order valence-electron chi connectivity index (χ1n) is 18.5. The average Bonchev–Trinajstić information content (AvgIpc) is 3.02. The lowest BCUT2D eigenvalue weighted by Gasteiger charge is -2.37. The van der Waals surface area contributed by atoms with Gasteiger partial charge >= 0.3 is 7.82 Å². The molecule has 0 amide bonds. The van der Waals surface area contributed by atoms with Crippen molar-refractivity contribution in [3.8, 4) is 0 Å². The van der Waals surface area contributed by atoms with Gasteiger partial charge in [-0.15, -0.1) is 0 Å². The van der Waals surface area contributed by atoms with Crippen molar-refractivity contribution >= 4 is 7.82 Å². The van der Waals surface area contributed by atoms with Crippen LogP contribution < -0.4 is 0 Å². The van der Waals surface area contributed by atoms with Crippen LogP contribution in [-0.2, 0) is 18.3 Å². The Bertz CT molecular complexity index is 1210. The van der Waals surface area contributed by atoms with Crippen LogP contribution in [-0.4, -0.2) is 62.8 Å². The maximum absolute atomic E-state index is 12.2. The fourth-order valence-electron chi connectivity index (χ4n) is 5.49. The molecule has 7 atom stereocenters. The van der Waals surface area contributed by atoms with E-state index in [1.165, 1.54) is 33.4 Å². The van der Waals surface area contributed by atoms with Gasteiger partial charge in [0.25, 0.3) is 0 Å². The summed E-state index contributed by atoms with van der Waals surface area (Å²) in [6.07, 6.45) is 18.3. The highest BCUT2D eigenvalue weighted by Crippen LogP contribution is 2.46. The van der Waals surface area contributed by atoms with E-state index < -0.39 is 38.7 Å². The topological polar surface area (TPSA) is 146 Å². The summed E-state index contributed by atoms with van der Waals surface area (Å²) in [5, 5.41) is 38.7. The minimum absolute atomic E-state index is 0.0564. The van der Waals surface area contributed by atoms with Gasteiger partial charge in [-0.25, -0.2) is 4.57 Å². The first-order valence-corrected chi connectivity index (χ1v) is 19.9. The van der Waals surface area contributed by atoms with Crippen molar-refractivity contribution in [2.45, 2.75) is 170 Å². The molecule has 50 heavy (non-hydrogen) atoms. The molecule has 1 heterocycles. The zero-order valence-electron chi connectivity index (χ0n) is 32.1. The SMILES string of the molecule is CC(C)=CCC/C(C)=C\CC/C(C)=C\CC/C(C)=C\CC/C(C)=C\CC/C(C)=C\CCC(C)CCOP(=O)(O)OC1OC(O)C(O)C(O)C1O. The molecule has 0 aromatic heterocycles. The standard InChI is InChI=1S/C40H69O9P/c1-29(2)15-9-16-30(3)17-10-18-31(4)19-11-20-32(5)21-12-22-33(6)23-13-24-34(7)25-14-26-35(8)27-28-47-50(45,46)49-40-38(43)36(41)37(42)39(44)48-40/h15,17,19,21,23,25,35-44H,9-14,16,18,20,22,24,26-28H2,1-8H3,(H,45,46)/b30-17-,31-19-,32-21-,33-23-,34-25-. The summed E-state index contributed by atoms with van der Waals surface area (Å²) in [6.45, 7) is 17.4. The second-order valence-electron chi connectivity index (χ2n) is 14.5. The third kappa shape index (κ3) is 21.7. The highest BCUT2D eigenvalue weighted by molar-refractivity contribution is 7.47. The Morgan fingerprint density at radius 2 is 1.02 bits per heavy atom. The first-order chi connectivity index (χ1) is 23.5. The van der Waals surface area contributed by atoms with Crippen LogP contribution in [0.25, 0.3) is 0 Å². The molecule has 1 rings (SSSR count). The summed E-state index contributed by atoms with van der Waals surface area (Å²) in [6, 6.07) is 0. The molecule has 5 N–H and O–H groups in total. The number of rotatable bonds is 24. The minimum Gasteiger partial charge on any atom is -0.387 e. The maximum atomic E-state index is 12.2. The molecule has 0 aromatic rings. The first kappa shape index (κ1) is 46.4. The van der Waals surface area contributed by atoms with Crippen molar-refractivity contribution in [3.63, 3.8) is 0 Å². The van der Waals surface area contributed by atoms with Crippen molar-refractivity contribution < 1.29 is 43.7 Å². The summed E-state index contributed by atoms with van der Waals surface area (Å²) in [5.74, 6) is 0.229. The van der Waals surface area contributed by atoms with Gasteiger partial charge in [0.1, 0.15) is 18.3 Å². The van der Waals surface area contributed by atoms with Gasteiger partial charge in [-0.3, -0.25) is 9.05 Å². The Kier molecular flexibility index (Phi) is 23.5. The molecule has 1 saturated heterocycles. The lowest BCUT2D eigenvalue weighted by molar-refractivity contribution is -0.324. The Labute approximate surface area is 303 Å². The van der Waals surface area contributed by atoms with Gasteiger partial charge in [0.2, 0.25) is 6.29 Å². The maximum Gasteiger partial charge on any atom is 0.474 e. The molecule has 9 nitrogen and oxygen atoms in total. The molecule has 10 heteroatoms. The molecule has 0 aromatic carbocycles. The van der Waals surface area contributed by atoms with Gasteiger partial charge < -0.3 is 30.1 Å². The van der Waals surface area contributed by atoms with Crippen molar-refractivity contribution in [2.75, 3.05) is 6.61 Å². The molecule has 0 aliphatic carbocycles. The van der Waals surface area contributed by atoms with Crippen LogP contribution in [0.1, 0.15) is 139 Å². The zero-order valence-corrected chi connectivity index (χ0v) is 33.0. The molecular weight excluding hydrogens is 655 g/mol. The average molecular weight is 725 g/mol. The van der Waals surface area contributed by atoms with Gasteiger partial charge in [0, 0.05) is 0 Å². The second kappa shape index (κ2) is 25.3.